The molecule has 2 aliphatic heterocycles. The molecule has 1 aromatic rings. The summed E-state index contributed by atoms with van der Waals surface area (Å²) in [4.78, 5) is 50.9. The van der Waals surface area contributed by atoms with Crippen molar-refractivity contribution in [3.8, 4) is 0 Å². The third-order valence-corrected chi connectivity index (χ3v) is 14.4. The molecular formula is C41H69N3O15Si. The van der Waals surface area contributed by atoms with Crippen molar-refractivity contribution >= 4 is 37.6 Å². The lowest BCUT2D eigenvalue weighted by atomic mass is 10.0. The number of piperidine rings is 1. The first-order valence-electron chi connectivity index (χ1n) is 20.9. The number of benzene rings is 1. The Hall–Kier alpha value is -2.92. The number of hydrogen-bond acceptors (Lipinski definition) is 16. The van der Waals surface area contributed by atoms with Crippen molar-refractivity contribution in [2.45, 2.75) is 57.8 Å². The van der Waals surface area contributed by atoms with E-state index in [0.717, 1.165) is 4.90 Å². The average Bonchev–Trinajstić information content (AvgIpc) is 3.46. The van der Waals surface area contributed by atoms with Gasteiger partial charge < -0.3 is 57.1 Å². The highest BCUT2D eigenvalue weighted by molar-refractivity contribution is 6.74. The molecule has 1 unspecified atom stereocenters. The van der Waals surface area contributed by atoms with Gasteiger partial charge in [0.2, 0.25) is 11.8 Å². The minimum absolute atomic E-state index is 0.0653. The van der Waals surface area contributed by atoms with Gasteiger partial charge in [0.15, 0.2) is 8.32 Å². The number of nitrogens with one attached hydrogen (secondary N) is 2. The van der Waals surface area contributed by atoms with Gasteiger partial charge in [-0.25, -0.2) is 0 Å². The number of hydrogen-bond donors (Lipinski definition) is 2. The van der Waals surface area contributed by atoms with E-state index in [2.05, 4.69) is 44.5 Å². The molecule has 19 heteroatoms. The second-order valence-corrected chi connectivity index (χ2v) is 20.1. The van der Waals surface area contributed by atoms with Gasteiger partial charge in [0.05, 0.1) is 150 Å². The van der Waals surface area contributed by atoms with Crippen LogP contribution in [-0.2, 0) is 61.4 Å². The maximum absolute atomic E-state index is 13.2. The number of rotatable bonds is 36. The van der Waals surface area contributed by atoms with Crippen LogP contribution in [-0.4, -0.2) is 188 Å². The number of nitrogens with zero attached hydrogens (tertiary/aromatic N) is 1. The van der Waals surface area contributed by atoms with Crippen LogP contribution in [0.3, 0.4) is 0 Å². The standard InChI is InChI=1S/C41H69N3O15Si/c1-41(2,3)60(4,5)59-32-31-58-30-29-57-28-27-56-26-25-55-24-23-54-22-21-53-20-19-52-18-17-51-16-15-50-14-13-49-12-11-42-34-8-6-7-33-37(34)40(48)44(39(33)47)35-9-10-36(45)43-38(35)46/h6-8,35,42H,9-32H2,1-5H3,(H,43,45,46). The van der Waals surface area contributed by atoms with Crippen LogP contribution >= 0.6 is 0 Å². The molecule has 60 heavy (non-hydrogen) atoms. The zero-order valence-corrected chi connectivity index (χ0v) is 37.4. The number of fused-ring (bicyclic) bond motifs is 1. The Morgan fingerprint density at radius 1 is 0.600 bits per heavy atom. The summed E-state index contributed by atoms with van der Waals surface area (Å²) in [5.41, 5.74) is 0.908. The zero-order valence-electron chi connectivity index (χ0n) is 36.4. The molecule has 1 atom stereocenters. The summed E-state index contributed by atoms with van der Waals surface area (Å²) in [6.45, 7) is 21.5. The maximum Gasteiger partial charge on any atom is 0.264 e. The van der Waals surface area contributed by atoms with Crippen LogP contribution in [0.2, 0.25) is 18.1 Å². The summed E-state index contributed by atoms with van der Waals surface area (Å²) in [7, 11) is -1.72. The molecule has 4 amide bonds. The first kappa shape index (κ1) is 51.4. The monoisotopic (exact) mass is 871 g/mol. The van der Waals surface area contributed by atoms with E-state index in [9.17, 15) is 19.2 Å². The fraction of sp³-hybridized carbons (Fsp3) is 0.756. The SMILES string of the molecule is CC(C)(C)[Si](C)(C)OCCOCCOCCOCCOCCOCCOCCOCCOCCOCCOCCNc1cccc2c1C(=O)N(C1CCC(=O)NC1=O)C2=O. The lowest BCUT2D eigenvalue weighted by molar-refractivity contribution is -0.136. The summed E-state index contributed by atoms with van der Waals surface area (Å²) in [5.74, 6) is -2.17. The van der Waals surface area contributed by atoms with E-state index in [-0.39, 0.29) is 29.0 Å². The second-order valence-electron chi connectivity index (χ2n) is 15.3. The highest BCUT2D eigenvalue weighted by atomic mass is 28.4. The van der Waals surface area contributed by atoms with Gasteiger partial charge in [-0.3, -0.25) is 29.4 Å². The highest BCUT2D eigenvalue weighted by Gasteiger charge is 2.45. The summed E-state index contributed by atoms with van der Waals surface area (Å²) >= 11 is 0. The molecule has 3 rings (SSSR count). The molecule has 0 spiro atoms. The van der Waals surface area contributed by atoms with Crippen LogP contribution in [0, 0.1) is 0 Å². The van der Waals surface area contributed by atoms with Crippen molar-refractivity contribution in [2.75, 3.05) is 151 Å². The molecule has 342 valence electrons. The predicted octanol–water partition coefficient (Wildman–Crippen LogP) is 2.69. The Kier molecular flexibility index (Phi) is 25.2. The minimum Gasteiger partial charge on any atom is -0.414 e. The summed E-state index contributed by atoms with van der Waals surface area (Å²) < 4.78 is 61.4. The maximum atomic E-state index is 13.2. The van der Waals surface area contributed by atoms with Crippen LogP contribution in [0.15, 0.2) is 18.2 Å². The van der Waals surface area contributed by atoms with E-state index in [1.807, 2.05) is 0 Å². The molecule has 0 bridgehead atoms. The molecule has 1 aromatic carbocycles. The van der Waals surface area contributed by atoms with E-state index in [1.54, 1.807) is 18.2 Å². The molecule has 1 fully saturated rings. The quantitative estimate of drug-likeness (QED) is 0.0567. The van der Waals surface area contributed by atoms with Crippen LogP contribution in [0.1, 0.15) is 54.3 Å². The normalized spacial score (nSPS) is 15.9. The molecule has 2 aliphatic rings. The van der Waals surface area contributed by atoms with Gasteiger partial charge in [-0.05, 0) is 36.7 Å². The largest absolute Gasteiger partial charge is 0.414 e. The first-order chi connectivity index (χ1) is 28.9. The third-order valence-electron chi connectivity index (χ3n) is 9.87. The van der Waals surface area contributed by atoms with Crippen molar-refractivity contribution in [2.24, 2.45) is 0 Å². The molecule has 0 aliphatic carbocycles. The van der Waals surface area contributed by atoms with E-state index >= 15 is 0 Å². The van der Waals surface area contributed by atoms with Gasteiger partial charge >= 0.3 is 0 Å². The minimum atomic E-state index is -1.72. The van der Waals surface area contributed by atoms with Gasteiger partial charge in [0.1, 0.15) is 6.04 Å². The van der Waals surface area contributed by atoms with Gasteiger partial charge in [0, 0.05) is 18.7 Å². The Bertz CT molecular complexity index is 1410. The smallest absolute Gasteiger partial charge is 0.264 e. The number of imide groups is 2. The molecule has 18 nitrogen and oxygen atoms in total. The predicted molar refractivity (Wildman–Crippen MR) is 223 cm³/mol. The van der Waals surface area contributed by atoms with Crippen molar-refractivity contribution < 1.29 is 71.0 Å². The molecule has 2 N–H and O–H groups in total. The van der Waals surface area contributed by atoms with Gasteiger partial charge in [-0.15, -0.1) is 0 Å². The number of ether oxygens (including phenoxy) is 10. The van der Waals surface area contributed by atoms with Crippen molar-refractivity contribution in [1.82, 2.24) is 10.2 Å². The fourth-order valence-electron chi connectivity index (χ4n) is 5.57. The first-order valence-corrected chi connectivity index (χ1v) is 23.8. The summed E-state index contributed by atoms with van der Waals surface area (Å²) in [6.07, 6.45) is 0.169. The molecular weight excluding hydrogens is 803 g/mol. The lowest BCUT2D eigenvalue weighted by Crippen LogP contribution is -2.54. The van der Waals surface area contributed by atoms with E-state index < -0.39 is 38.0 Å². The topological polar surface area (TPSA) is 197 Å². The number of carbonyl (C=O) groups excluding carboxylic acids is 4. The van der Waals surface area contributed by atoms with Crippen molar-refractivity contribution in [3.63, 3.8) is 0 Å². The average molecular weight is 872 g/mol. The fourth-order valence-corrected chi connectivity index (χ4v) is 6.60. The summed E-state index contributed by atoms with van der Waals surface area (Å²) in [5, 5.41) is 5.54. The molecule has 1 saturated heterocycles. The van der Waals surface area contributed by atoms with Crippen LogP contribution in [0.5, 0.6) is 0 Å². The van der Waals surface area contributed by atoms with Crippen molar-refractivity contribution in [1.29, 1.82) is 0 Å². The Labute approximate surface area is 355 Å². The van der Waals surface area contributed by atoms with Crippen LogP contribution in [0.25, 0.3) is 0 Å². The zero-order chi connectivity index (χ0) is 43.5. The Morgan fingerprint density at radius 3 is 1.40 bits per heavy atom. The second kappa shape index (κ2) is 29.4. The summed E-state index contributed by atoms with van der Waals surface area (Å²) in [6, 6.07) is 3.91. The van der Waals surface area contributed by atoms with Crippen molar-refractivity contribution in [3.05, 3.63) is 29.3 Å². The van der Waals surface area contributed by atoms with E-state index in [0.29, 0.717) is 151 Å². The van der Waals surface area contributed by atoms with Gasteiger partial charge in [-0.1, -0.05) is 26.8 Å². The van der Waals surface area contributed by atoms with Gasteiger partial charge in [-0.2, -0.15) is 0 Å². The number of anilines is 1. The molecule has 0 saturated carbocycles. The Morgan fingerprint density at radius 2 is 1.00 bits per heavy atom. The van der Waals surface area contributed by atoms with E-state index in [1.165, 1.54) is 0 Å². The van der Waals surface area contributed by atoms with Crippen LogP contribution < -0.4 is 10.6 Å². The number of amides is 4. The van der Waals surface area contributed by atoms with Gasteiger partial charge in [0.25, 0.3) is 11.8 Å². The molecule has 0 radical (unpaired) electrons. The highest BCUT2D eigenvalue weighted by Crippen LogP contribution is 2.36. The lowest BCUT2D eigenvalue weighted by Gasteiger charge is -2.36. The van der Waals surface area contributed by atoms with Crippen LogP contribution in [0.4, 0.5) is 5.69 Å². The Balaban J connectivity index is 0.991. The molecule has 0 aromatic heterocycles. The van der Waals surface area contributed by atoms with E-state index in [4.69, 9.17) is 51.8 Å². The molecule has 2 heterocycles. The third kappa shape index (κ3) is 19.4. The number of carbonyl (C=O) groups is 4.